The summed E-state index contributed by atoms with van der Waals surface area (Å²) in [4.78, 5) is 44.2. The Kier molecular flexibility index (Phi) is 4.79. The van der Waals surface area contributed by atoms with Crippen molar-refractivity contribution in [3.05, 3.63) is 23.9 Å². The van der Waals surface area contributed by atoms with E-state index in [9.17, 15) is 14.4 Å². The Hall–Kier alpha value is -3.10. The highest BCUT2D eigenvalue weighted by Crippen LogP contribution is 2.18. The molecule has 26 heavy (non-hydrogen) atoms. The Morgan fingerprint density at radius 2 is 1.88 bits per heavy atom. The van der Waals surface area contributed by atoms with Gasteiger partial charge in [0.1, 0.15) is 5.82 Å². The summed E-state index contributed by atoms with van der Waals surface area (Å²) in [7, 11) is 0. The number of nitrogens with one attached hydrogen (secondary N) is 2. The van der Waals surface area contributed by atoms with Crippen molar-refractivity contribution in [2.45, 2.75) is 45.6 Å². The Morgan fingerprint density at radius 1 is 1.19 bits per heavy atom. The summed E-state index contributed by atoms with van der Waals surface area (Å²) < 4.78 is 1.23. The molecule has 9 heteroatoms. The van der Waals surface area contributed by atoms with Gasteiger partial charge in [-0.15, -0.1) is 0 Å². The molecule has 0 unspecified atom stereocenters. The molecule has 1 aromatic heterocycles. The van der Waals surface area contributed by atoms with Gasteiger partial charge in [-0.1, -0.05) is 19.4 Å². The van der Waals surface area contributed by atoms with E-state index in [1.54, 1.807) is 19.9 Å². The van der Waals surface area contributed by atoms with Crippen LogP contribution in [-0.4, -0.2) is 45.2 Å². The van der Waals surface area contributed by atoms with Crippen LogP contribution in [0.15, 0.2) is 28.2 Å². The van der Waals surface area contributed by atoms with Crippen LogP contribution in [0, 0.1) is 6.92 Å². The highest BCUT2D eigenvalue weighted by atomic mass is 16.2. The van der Waals surface area contributed by atoms with Crippen molar-refractivity contribution in [2.24, 2.45) is 9.98 Å². The summed E-state index contributed by atoms with van der Waals surface area (Å²) in [5.41, 5.74) is 1.20. The van der Waals surface area contributed by atoms with E-state index in [1.807, 2.05) is 0 Å². The lowest BCUT2D eigenvalue weighted by atomic mass is 10.2. The first-order valence-corrected chi connectivity index (χ1v) is 8.41. The average molecular weight is 356 g/mol. The van der Waals surface area contributed by atoms with Crippen molar-refractivity contribution in [1.82, 2.24) is 15.1 Å². The predicted molar refractivity (Wildman–Crippen MR) is 96.1 cm³/mol. The molecule has 1 saturated carbocycles. The number of nitrogens with zero attached hydrogens (tertiary/aromatic N) is 4. The molecule has 2 heterocycles. The first-order chi connectivity index (χ1) is 12.3. The monoisotopic (exact) mass is 356 g/mol. The van der Waals surface area contributed by atoms with Gasteiger partial charge < -0.3 is 10.6 Å². The van der Waals surface area contributed by atoms with E-state index in [1.165, 1.54) is 4.68 Å². The molecule has 9 nitrogen and oxygen atoms in total. The zero-order valence-electron chi connectivity index (χ0n) is 14.7. The largest absolute Gasteiger partial charge is 0.345 e. The minimum absolute atomic E-state index is 0.0134. The lowest BCUT2D eigenvalue weighted by Crippen LogP contribution is -2.41. The van der Waals surface area contributed by atoms with Crippen LogP contribution in [0.1, 0.15) is 38.3 Å². The topological polar surface area (TPSA) is 118 Å². The van der Waals surface area contributed by atoms with Crippen molar-refractivity contribution in [3.63, 3.8) is 0 Å². The average Bonchev–Trinajstić information content (AvgIpc) is 3.21. The van der Waals surface area contributed by atoms with Crippen LogP contribution in [0.4, 0.5) is 5.82 Å². The molecule has 0 aromatic carbocycles. The Balaban J connectivity index is 1.78. The second-order valence-electron chi connectivity index (χ2n) is 6.38. The van der Waals surface area contributed by atoms with Gasteiger partial charge in [-0.2, -0.15) is 14.8 Å². The highest BCUT2D eigenvalue weighted by molar-refractivity contribution is 6.39. The van der Waals surface area contributed by atoms with E-state index >= 15 is 0 Å². The lowest BCUT2D eigenvalue weighted by Gasteiger charge is -2.14. The molecule has 1 aromatic rings. The van der Waals surface area contributed by atoms with Gasteiger partial charge in [0.2, 0.25) is 0 Å². The van der Waals surface area contributed by atoms with Crippen LogP contribution in [0.2, 0.25) is 0 Å². The smallest absolute Gasteiger partial charge is 0.314 e. The Bertz CT molecular complexity index is 858. The van der Waals surface area contributed by atoms with Gasteiger partial charge in [0, 0.05) is 12.1 Å². The van der Waals surface area contributed by atoms with Crippen molar-refractivity contribution in [3.8, 4) is 0 Å². The first kappa shape index (κ1) is 17.7. The molecule has 1 aliphatic heterocycles. The van der Waals surface area contributed by atoms with E-state index in [4.69, 9.17) is 0 Å². The van der Waals surface area contributed by atoms with E-state index in [0.29, 0.717) is 11.4 Å². The third kappa shape index (κ3) is 3.61. The van der Waals surface area contributed by atoms with Gasteiger partial charge >= 0.3 is 11.8 Å². The van der Waals surface area contributed by atoms with Gasteiger partial charge in [-0.25, -0.2) is 4.99 Å². The molecular formula is C17H20N6O3. The quantitative estimate of drug-likeness (QED) is 0.606. The minimum atomic E-state index is -0.800. The second kappa shape index (κ2) is 7.03. The highest BCUT2D eigenvalue weighted by Gasteiger charge is 2.25. The zero-order valence-corrected chi connectivity index (χ0v) is 14.7. The van der Waals surface area contributed by atoms with Gasteiger partial charge in [0.25, 0.3) is 11.9 Å². The Morgan fingerprint density at radius 3 is 2.54 bits per heavy atom. The van der Waals surface area contributed by atoms with Gasteiger partial charge in [0.05, 0.1) is 17.0 Å². The molecular weight excluding hydrogens is 336 g/mol. The molecule has 3 amide bonds. The van der Waals surface area contributed by atoms with E-state index < -0.39 is 17.7 Å². The molecule has 0 bridgehead atoms. The van der Waals surface area contributed by atoms with E-state index in [-0.39, 0.29) is 23.4 Å². The summed E-state index contributed by atoms with van der Waals surface area (Å²) >= 11 is 0. The third-order valence-corrected chi connectivity index (χ3v) is 4.32. The molecule has 0 spiro atoms. The second-order valence-corrected chi connectivity index (χ2v) is 6.38. The van der Waals surface area contributed by atoms with Crippen LogP contribution in [0.5, 0.6) is 0 Å². The van der Waals surface area contributed by atoms with Crippen LogP contribution < -0.4 is 10.6 Å². The van der Waals surface area contributed by atoms with Crippen molar-refractivity contribution >= 4 is 35.2 Å². The maximum absolute atomic E-state index is 12.2. The number of aryl methyl sites for hydroxylation is 1. The molecule has 2 aliphatic rings. The van der Waals surface area contributed by atoms with Crippen molar-refractivity contribution in [1.29, 1.82) is 0 Å². The van der Waals surface area contributed by atoms with E-state index in [2.05, 4.69) is 32.3 Å². The third-order valence-electron chi connectivity index (χ3n) is 4.32. The van der Waals surface area contributed by atoms with E-state index in [0.717, 1.165) is 25.7 Å². The number of aromatic nitrogens is 2. The maximum atomic E-state index is 12.2. The number of rotatable bonds is 2. The SMILES string of the molecule is C=C1C(=O)N=C(n2nc(C)cc2NC(=O)C(=O)NC2CCCC2)N=C1C. The van der Waals surface area contributed by atoms with Crippen LogP contribution >= 0.6 is 0 Å². The fourth-order valence-electron chi connectivity index (χ4n) is 2.89. The number of carbonyl (C=O) groups is 3. The normalized spacial score (nSPS) is 17.8. The fourth-order valence-corrected chi connectivity index (χ4v) is 2.89. The van der Waals surface area contributed by atoms with Crippen LogP contribution in [0.25, 0.3) is 0 Å². The first-order valence-electron chi connectivity index (χ1n) is 8.41. The van der Waals surface area contributed by atoms with Crippen LogP contribution in [0.3, 0.4) is 0 Å². The fraction of sp³-hybridized carbons (Fsp3) is 0.412. The number of amides is 3. The molecule has 0 atom stereocenters. The Labute approximate surface area is 150 Å². The lowest BCUT2D eigenvalue weighted by molar-refractivity contribution is -0.136. The number of hydrogen-bond donors (Lipinski definition) is 2. The van der Waals surface area contributed by atoms with Gasteiger partial charge in [0.15, 0.2) is 0 Å². The molecule has 2 N–H and O–H groups in total. The number of hydrogen-bond acceptors (Lipinski definition) is 5. The number of carbonyl (C=O) groups excluding carboxylic acids is 3. The minimum Gasteiger partial charge on any atom is -0.345 e. The standard InChI is InChI=1S/C17H20N6O3/c1-9-8-13(20-16(26)15(25)19-12-6-4-5-7-12)23(22-9)17-18-11(3)10(2)14(24)21-17/h8,12H,2,4-7H2,1,3H3,(H,19,25)(H,20,26). The summed E-state index contributed by atoms with van der Waals surface area (Å²) in [6.45, 7) is 6.96. The summed E-state index contributed by atoms with van der Waals surface area (Å²) in [6, 6.07) is 1.61. The zero-order chi connectivity index (χ0) is 18.8. The maximum Gasteiger partial charge on any atom is 0.314 e. The molecule has 0 radical (unpaired) electrons. The summed E-state index contributed by atoms with van der Waals surface area (Å²) in [6.07, 6.45) is 3.86. The van der Waals surface area contributed by atoms with Gasteiger partial charge in [-0.3, -0.25) is 14.4 Å². The van der Waals surface area contributed by atoms with Crippen molar-refractivity contribution < 1.29 is 14.4 Å². The van der Waals surface area contributed by atoms with Gasteiger partial charge in [-0.05, 0) is 26.7 Å². The molecule has 0 saturated heterocycles. The number of aliphatic imine (C=N–C) groups is 2. The van der Waals surface area contributed by atoms with Crippen molar-refractivity contribution in [2.75, 3.05) is 5.32 Å². The predicted octanol–water partition coefficient (Wildman–Crippen LogP) is 0.950. The number of anilines is 1. The molecule has 136 valence electrons. The molecule has 1 fully saturated rings. The summed E-state index contributed by atoms with van der Waals surface area (Å²) in [5, 5.41) is 9.42. The molecule has 1 aliphatic carbocycles. The summed E-state index contributed by atoms with van der Waals surface area (Å²) in [5.74, 6) is -1.79. The molecule has 3 rings (SSSR count). The van der Waals surface area contributed by atoms with Crippen LogP contribution in [-0.2, 0) is 14.4 Å².